The first-order valence-electron chi connectivity index (χ1n) is 8.10. The summed E-state index contributed by atoms with van der Waals surface area (Å²) < 4.78 is 11.1. The minimum Gasteiger partial charge on any atom is -0.493 e. The molecule has 0 aliphatic carbocycles. The normalized spacial score (nSPS) is 16.9. The van der Waals surface area contributed by atoms with Gasteiger partial charge in [0.25, 0.3) is 0 Å². The Morgan fingerprint density at radius 2 is 1.88 bits per heavy atom. The molecular weight excluding hydrogens is 302 g/mol. The Hall–Kier alpha value is -2.53. The molecule has 1 heterocycles. The van der Waals surface area contributed by atoms with Crippen molar-refractivity contribution in [1.29, 1.82) is 0 Å². The Bertz CT molecular complexity index is 716. The van der Waals surface area contributed by atoms with E-state index in [2.05, 4.69) is 23.2 Å². The van der Waals surface area contributed by atoms with Gasteiger partial charge in [-0.1, -0.05) is 30.3 Å². The first-order valence-corrected chi connectivity index (χ1v) is 8.10. The Morgan fingerprint density at radius 3 is 2.54 bits per heavy atom. The highest BCUT2D eigenvalue weighted by molar-refractivity contribution is 5.89. The van der Waals surface area contributed by atoms with Crippen molar-refractivity contribution in [3.63, 3.8) is 0 Å². The van der Waals surface area contributed by atoms with Crippen molar-refractivity contribution < 1.29 is 9.47 Å². The SMILES string of the molecule is COc1cccc(C2CC(CCN)=NN2c2ccccc2)c1OC. The van der Waals surface area contributed by atoms with Crippen LogP contribution in [0.4, 0.5) is 5.69 Å². The molecule has 0 radical (unpaired) electrons. The smallest absolute Gasteiger partial charge is 0.166 e. The number of hydrogen-bond acceptors (Lipinski definition) is 5. The summed E-state index contributed by atoms with van der Waals surface area (Å²) in [6, 6.07) is 16.2. The highest BCUT2D eigenvalue weighted by Gasteiger charge is 2.31. The second-order valence-corrected chi connectivity index (χ2v) is 5.69. The molecule has 3 rings (SSSR count). The number of anilines is 1. The van der Waals surface area contributed by atoms with Crippen molar-refractivity contribution in [3.8, 4) is 11.5 Å². The highest BCUT2D eigenvalue weighted by Crippen LogP contribution is 2.42. The van der Waals surface area contributed by atoms with E-state index in [-0.39, 0.29) is 6.04 Å². The van der Waals surface area contributed by atoms with Crippen LogP contribution in [0, 0.1) is 0 Å². The summed E-state index contributed by atoms with van der Waals surface area (Å²) in [6.45, 7) is 0.601. The van der Waals surface area contributed by atoms with Gasteiger partial charge in [-0.25, -0.2) is 0 Å². The second kappa shape index (κ2) is 7.36. The summed E-state index contributed by atoms with van der Waals surface area (Å²) in [6.07, 6.45) is 1.63. The van der Waals surface area contributed by atoms with Crippen LogP contribution in [0.3, 0.4) is 0 Å². The molecule has 1 unspecified atom stereocenters. The zero-order valence-corrected chi connectivity index (χ0v) is 14.1. The van der Waals surface area contributed by atoms with Gasteiger partial charge in [0, 0.05) is 17.7 Å². The lowest BCUT2D eigenvalue weighted by Crippen LogP contribution is -2.19. The first-order chi connectivity index (χ1) is 11.8. The van der Waals surface area contributed by atoms with Gasteiger partial charge in [-0.05, 0) is 31.2 Å². The molecule has 24 heavy (non-hydrogen) atoms. The van der Waals surface area contributed by atoms with E-state index in [0.717, 1.165) is 41.3 Å². The summed E-state index contributed by atoms with van der Waals surface area (Å²) in [7, 11) is 3.33. The lowest BCUT2D eigenvalue weighted by Gasteiger charge is -2.26. The van der Waals surface area contributed by atoms with E-state index in [4.69, 9.17) is 20.3 Å². The van der Waals surface area contributed by atoms with Crippen molar-refractivity contribution in [2.45, 2.75) is 18.9 Å². The summed E-state index contributed by atoms with van der Waals surface area (Å²) in [5, 5.41) is 6.87. The maximum absolute atomic E-state index is 5.73. The Morgan fingerprint density at radius 1 is 1.08 bits per heavy atom. The summed E-state index contributed by atoms with van der Waals surface area (Å²) in [5.74, 6) is 1.49. The minimum atomic E-state index is 0.0685. The quantitative estimate of drug-likeness (QED) is 0.885. The third-order valence-electron chi connectivity index (χ3n) is 4.22. The third-order valence-corrected chi connectivity index (χ3v) is 4.22. The van der Waals surface area contributed by atoms with Gasteiger partial charge in [0.1, 0.15) is 0 Å². The number of benzene rings is 2. The number of rotatable bonds is 6. The minimum absolute atomic E-state index is 0.0685. The van der Waals surface area contributed by atoms with Gasteiger partial charge in [-0.2, -0.15) is 5.10 Å². The van der Waals surface area contributed by atoms with Crippen LogP contribution in [0.15, 0.2) is 53.6 Å². The fourth-order valence-corrected chi connectivity index (χ4v) is 3.13. The highest BCUT2D eigenvalue weighted by atomic mass is 16.5. The zero-order chi connectivity index (χ0) is 16.9. The van der Waals surface area contributed by atoms with Gasteiger partial charge in [0.05, 0.1) is 25.9 Å². The van der Waals surface area contributed by atoms with Crippen LogP contribution in [0.2, 0.25) is 0 Å². The van der Waals surface area contributed by atoms with Crippen molar-refractivity contribution in [3.05, 3.63) is 54.1 Å². The monoisotopic (exact) mass is 325 g/mol. The van der Waals surface area contributed by atoms with E-state index in [1.54, 1.807) is 14.2 Å². The van der Waals surface area contributed by atoms with Crippen LogP contribution in [0.25, 0.3) is 0 Å². The maximum Gasteiger partial charge on any atom is 0.166 e. The van der Waals surface area contributed by atoms with E-state index >= 15 is 0 Å². The van der Waals surface area contributed by atoms with Crippen LogP contribution in [-0.2, 0) is 0 Å². The number of ether oxygens (including phenoxy) is 2. The molecule has 2 aromatic carbocycles. The molecule has 2 aromatic rings. The molecule has 1 atom stereocenters. The number of methoxy groups -OCH3 is 2. The lowest BCUT2D eigenvalue weighted by atomic mass is 9.99. The fraction of sp³-hybridized carbons (Fsp3) is 0.316. The van der Waals surface area contributed by atoms with Crippen LogP contribution < -0.4 is 20.2 Å². The standard InChI is InChI=1S/C19H23N3O2/c1-23-18-10-6-9-16(19(18)24-2)17-13-14(11-12-20)21-22(17)15-7-4-3-5-8-15/h3-10,17H,11-13,20H2,1-2H3. The zero-order valence-electron chi connectivity index (χ0n) is 14.1. The van der Waals surface area contributed by atoms with Crippen molar-refractivity contribution in [2.75, 3.05) is 25.8 Å². The van der Waals surface area contributed by atoms with Crippen LogP contribution >= 0.6 is 0 Å². The Labute approximate surface area is 142 Å². The molecule has 0 bridgehead atoms. The molecule has 5 heteroatoms. The van der Waals surface area contributed by atoms with Crippen LogP contribution in [-0.4, -0.2) is 26.5 Å². The van der Waals surface area contributed by atoms with Gasteiger partial charge in [0.2, 0.25) is 0 Å². The number of nitrogens with two attached hydrogens (primary N) is 1. The molecule has 2 N–H and O–H groups in total. The fourth-order valence-electron chi connectivity index (χ4n) is 3.13. The van der Waals surface area contributed by atoms with E-state index in [1.165, 1.54) is 0 Å². The average molecular weight is 325 g/mol. The first kappa shape index (κ1) is 16.3. The number of para-hydroxylation sites is 2. The van der Waals surface area contributed by atoms with Crippen molar-refractivity contribution >= 4 is 11.4 Å². The van der Waals surface area contributed by atoms with Gasteiger partial charge in [-0.3, -0.25) is 5.01 Å². The predicted molar refractivity (Wildman–Crippen MR) is 96.9 cm³/mol. The topological polar surface area (TPSA) is 60.1 Å². The number of hydrogen-bond donors (Lipinski definition) is 1. The summed E-state index contributed by atoms with van der Waals surface area (Å²) >= 11 is 0. The molecule has 126 valence electrons. The molecular formula is C19H23N3O2. The summed E-state index contributed by atoms with van der Waals surface area (Å²) in [5.41, 5.74) is 8.96. The van der Waals surface area contributed by atoms with Gasteiger partial charge in [0.15, 0.2) is 11.5 Å². The van der Waals surface area contributed by atoms with E-state index < -0.39 is 0 Å². The number of hydrazone groups is 1. The Balaban J connectivity index is 2.03. The molecule has 0 aromatic heterocycles. The molecule has 0 saturated carbocycles. The maximum atomic E-state index is 5.73. The average Bonchev–Trinajstić information content (AvgIpc) is 3.05. The lowest BCUT2D eigenvalue weighted by molar-refractivity contribution is 0.349. The predicted octanol–water partition coefficient (Wildman–Crippen LogP) is 3.36. The van der Waals surface area contributed by atoms with Crippen molar-refractivity contribution in [2.24, 2.45) is 10.8 Å². The van der Waals surface area contributed by atoms with E-state index in [9.17, 15) is 0 Å². The van der Waals surface area contributed by atoms with Gasteiger partial charge in [-0.15, -0.1) is 0 Å². The molecule has 0 saturated heterocycles. The van der Waals surface area contributed by atoms with E-state index in [1.807, 2.05) is 30.3 Å². The summed E-state index contributed by atoms with van der Waals surface area (Å²) in [4.78, 5) is 0. The second-order valence-electron chi connectivity index (χ2n) is 5.69. The molecule has 0 amide bonds. The molecule has 1 aliphatic heterocycles. The largest absolute Gasteiger partial charge is 0.493 e. The molecule has 1 aliphatic rings. The third kappa shape index (κ3) is 3.08. The van der Waals surface area contributed by atoms with E-state index in [0.29, 0.717) is 6.54 Å². The van der Waals surface area contributed by atoms with Gasteiger partial charge >= 0.3 is 0 Å². The molecule has 0 spiro atoms. The van der Waals surface area contributed by atoms with Gasteiger partial charge < -0.3 is 15.2 Å². The van der Waals surface area contributed by atoms with Crippen molar-refractivity contribution in [1.82, 2.24) is 0 Å². The van der Waals surface area contributed by atoms with Crippen LogP contribution in [0.5, 0.6) is 11.5 Å². The van der Waals surface area contributed by atoms with Crippen LogP contribution in [0.1, 0.15) is 24.4 Å². The molecule has 5 nitrogen and oxygen atoms in total. The Kier molecular flexibility index (Phi) is 5.01. The number of nitrogens with zero attached hydrogens (tertiary/aromatic N) is 2. The molecule has 0 fully saturated rings.